The molecule has 0 bridgehead atoms. The highest BCUT2D eigenvalue weighted by Gasteiger charge is 2.14. The Morgan fingerprint density at radius 1 is 1.24 bits per heavy atom. The van der Waals surface area contributed by atoms with Crippen molar-refractivity contribution in [2.45, 2.75) is 13.8 Å². The molecule has 0 spiro atoms. The Labute approximate surface area is 125 Å². The molecule has 0 aliphatic heterocycles. The number of nitrogens with zero attached hydrogens (tertiary/aromatic N) is 2. The van der Waals surface area contributed by atoms with Crippen LogP contribution in [0.4, 0.5) is 11.4 Å². The van der Waals surface area contributed by atoms with Crippen LogP contribution in [0, 0.1) is 6.92 Å². The lowest BCUT2D eigenvalue weighted by atomic mass is 10.2. The van der Waals surface area contributed by atoms with Gasteiger partial charge >= 0.3 is 0 Å². The number of anilines is 2. The van der Waals surface area contributed by atoms with Crippen molar-refractivity contribution < 1.29 is 9.59 Å². The zero-order valence-corrected chi connectivity index (χ0v) is 13.1. The van der Waals surface area contributed by atoms with Gasteiger partial charge in [-0.05, 0) is 37.2 Å². The Hall–Kier alpha value is -2.08. The summed E-state index contributed by atoms with van der Waals surface area (Å²) in [6, 6.07) is 5.34. The molecule has 0 aliphatic carbocycles. The second kappa shape index (κ2) is 7.64. The molecule has 1 aromatic carbocycles. The third kappa shape index (κ3) is 5.43. The fourth-order valence-electron chi connectivity index (χ4n) is 1.83. The van der Waals surface area contributed by atoms with Crippen LogP contribution in [0.5, 0.6) is 0 Å². The molecule has 21 heavy (non-hydrogen) atoms. The zero-order valence-electron chi connectivity index (χ0n) is 13.1. The molecule has 0 heterocycles. The summed E-state index contributed by atoms with van der Waals surface area (Å²) in [6.45, 7) is 4.86. The molecule has 2 amide bonds. The maximum Gasteiger partial charge on any atom is 0.238 e. The van der Waals surface area contributed by atoms with Gasteiger partial charge in [0, 0.05) is 25.5 Å². The summed E-state index contributed by atoms with van der Waals surface area (Å²) in [6.07, 6.45) is 0. The van der Waals surface area contributed by atoms with E-state index >= 15 is 0 Å². The molecule has 0 radical (unpaired) electrons. The molecule has 116 valence electrons. The van der Waals surface area contributed by atoms with Crippen molar-refractivity contribution in [2.75, 3.05) is 44.8 Å². The van der Waals surface area contributed by atoms with Crippen molar-refractivity contribution in [3.63, 3.8) is 0 Å². The van der Waals surface area contributed by atoms with E-state index in [4.69, 9.17) is 5.73 Å². The lowest BCUT2D eigenvalue weighted by Crippen LogP contribution is -2.40. The van der Waals surface area contributed by atoms with Gasteiger partial charge in [-0.3, -0.25) is 14.5 Å². The highest BCUT2D eigenvalue weighted by molar-refractivity contribution is 5.93. The Kier molecular flexibility index (Phi) is 6.17. The molecule has 0 aromatic heterocycles. The van der Waals surface area contributed by atoms with Crippen molar-refractivity contribution in [2.24, 2.45) is 0 Å². The lowest BCUT2D eigenvalue weighted by Gasteiger charge is -2.21. The summed E-state index contributed by atoms with van der Waals surface area (Å²) in [4.78, 5) is 27.1. The molecule has 3 N–H and O–H groups in total. The number of carbonyl (C=O) groups is 2. The number of nitrogen functional groups attached to an aromatic ring is 1. The number of aryl methyl sites for hydroxylation is 1. The summed E-state index contributed by atoms with van der Waals surface area (Å²) >= 11 is 0. The molecule has 1 rings (SSSR count). The SMILES string of the molecule is CCN(CC(=O)Nc1ccc(N)cc1C)CC(=O)N(C)C. The van der Waals surface area contributed by atoms with E-state index in [0.717, 1.165) is 11.3 Å². The first-order valence-corrected chi connectivity index (χ1v) is 6.92. The van der Waals surface area contributed by atoms with E-state index in [1.54, 1.807) is 31.1 Å². The van der Waals surface area contributed by atoms with Crippen LogP contribution in [0.2, 0.25) is 0 Å². The average molecular weight is 292 g/mol. The first-order chi connectivity index (χ1) is 9.83. The van der Waals surface area contributed by atoms with Crippen molar-refractivity contribution in [1.29, 1.82) is 0 Å². The van der Waals surface area contributed by atoms with Crippen molar-refractivity contribution >= 4 is 23.2 Å². The second-order valence-corrected chi connectivity index (χ2v) is 5.21. The van der Waals surface area contributed by atoms with E-state index in [9.17, 15) is 9.59 Å². The topological polar surface area (TPSA) is 78.7 Å². The molecular weight excluding hydrogens is 268 g/mol. The molecule has 0 aliphatic rings. The van der Waals surface area contributed by atoms with Crippen LogP contribution < -0.4 is 11.1 Å². The van der Waals surface area contributed by atoms with Crippen LogP contribution in [0.1, 0.15) is 12.5 Å². The van der Waals surface area contributed by atoms with Crippen molar-refractivity contribution in [1.82, 2.24) is 9.80 Å². The Morgan fingerprint density at radius 2 is 1.90 bits per heavy atom. The van der Waals surface area contributed by atoms with Gasteiger partial charge in [-0.1, -0.05) is 6.92 Å². The minimum Gasteiger partial charge on any atom is -0.399 e. The number of benzene rings is 1. The van der Waals surface area contributed by atoms with Gasteiger partial charge < -0.3 is 16.0 Å². The molecule has 1 aromatic rings. The van der Waals surface area contributed by atoms with Crippen LogP contribution in [0.3, 0.4) is 0 Å². The number of carbonyl (C=O) groups excluding carboxylic acids is 2. The number of likely N-dealkylation sites (N-methyl/N-ethyl adjacent to an activating group) is 2. The molecule has 0 saturated carbocycles. The van der Waals surface area contributed by atoms with E-state index in [0.29, 0.717) is 12.2 Å². The molecule has 0 saturated heterocycles. The summed E-state index contributed by atoms with van der Waals surface area (Å²) in [7, 11) is 3.40. The van der Waals surface area contributed by atoms with Crippen LogP contribution in [0.25, 0.3) is 0 Å². The second-order valence-electron chi connectivity index (χ2n) is 5.21. The van der Waals surface area contributed by atoms with Gasteiger partial charge in [-0.15, -0.1) is 0 Å². The fraction of sp³-hybridized carbons (Fsp3) is 0.467. The number of hydrogen-bond donors (Lipinski definition) is 2. The molecule has 6 nitrogen and oxygen atoms in total. The third-order valence-electron chi connectivity index (χ3n) is 3.20. The predicted octanol–water partition coefficient (Wildman–Crippen LogP) is 0.926. The van der Waals surface area contributed by atoms with Crippen LogP contribution in [-0.4, -0.2) is 55.3 Å². The molecule has 6 heteroatoms. The Morgan fingerprint density at radius 3 is 2.43 bits per heavy atom. The first-order valence-electron chi connectivity index (χ1n) is 6.92. The van der Waals surface area contributed by atoms with Gasteiger partial charge in [0.2, 0.25) is 11.8 Å². The minimum atomic E-state index is -0.142. The molecule has 0 unspecified atom stereocenters. The highest BCUT2D eigenvalue weighted by Crippen LogP contribution is 2.17. The number of nitrogens with one attached hydrogen (secondary N) is 1. The largest absolute Gasteiger partial charge is 0.399 e. The standard InChI is InChI=1S/C15H24N4O2/c1-5-19(10-15(21)18(3)4)9-14(20)17-13-7-6-12(16)8-11(13)2/h6-8H,5,9-10,16H2,1-4H3,(H,17,20). The molecule has 0 atom stereocenters. The van der Waals surface area contributed by atoms with E-state index < -0.39 is 0 Å². The van der Waals surface area contributed by atoms with Gasteiger partial charge in [-0.2, -0.15) is 0 Å². The van der Waals surface area contributed by atoms with Gasteiger partial charge in [0.15, 0.2) is 0 Å². The van der Waals surface area contributed by atoms with Crippen LogP contribution >= 0.6 is 0 Å². The Bertz CT molecular complexity index is 514. The van der Waals surface area contributed by atoms with Crippen LogP contribution in [0.15, 0.2) is 18.2 Å². The molecule has 0 fully saturated rings. The summed E-state index contributed by atoms with van der Waals surface area (Å²) < 4.78 is 0. The monoisotopic (exact) mass is 292 g/mol. The molecular formula is C15H24N4O2. The number of amides is 2. The number of nitrogens with two attached hydrogens (primary N) is 1. The van der Waals surface area contributed by atoms with Gasteiger partial charge in [-0.25, -0.2) is 0 Å². The van der Waals surface area contributed by atoms with E-state index in [-0.39, 0.29) is 24.9 Å². The predicted molar refractivity (Wildman–Crippen MR) is 85.0 cm³/mol. The fourth-order valence-corrected chi connectivity index (χ4v) is 1.83. The first kappa shape index (κ1) is 17.0. The average Bonchev–Trinajstić information content (AvgIpc) is 2.40. The minimum absolute atomic E-state index is 0.0201. The number of rotatable bonds is 6. The lowest BCUT2D eigenvalue weighted by molar-refractivity contribution is -0.130. The maximum absolute atomic E-state index is 12.1. The summed E-state index contributed by atoms with van der Waals surface area (Å²) in [5, 5.41) is 2.84. The zero-order chi connectivity index (χ0) is 16.0. The van der Waals surface area contributed by atoms with Gasteiger partial charge in [0.25, 0.3) is 0 Å². The third-order valence-corrected chi connectivity index (χ3v) is 3.20. The van der Waals surface area contributed by atoms with Gasteiger partial charge in [0.05, 0.1) is 13.1 Å². The van der Waals surface area contributed by atoms with Crippen LogP contribution in [-0.2, 0) is 9.59 Å². The maximum atomic E-state index is 12.1. The normalized spacial score (nSPS) is 10.5. The van der Waals surface area contributed by atoms with Gasteiger partial charge in [0.1, 0.15) is 0 Å². The Balaban J connectivity index is 2.60. The van der Waals surface area contributed by atoms with E-state index in [1.807, 2.05) is 19.9 Å². The highest BCUT2D eigenvalue weighted by atomic mass is 16.2. The van der Waals surface area contributed by atoms with Crippen molar-refractivity contribution in [3.8, 4) is 0 Å². The summed E-state index contributed by atoms with van der Waals surface area (Å²) in [5.74, 6) is -0.162. The smallest absolute Gasteiger partial charge is 0.238 e. The number of hydrogen-bond acceptors (Lipinski definition) is 4. The summed E-state index contributed by atoms with van der Waals surface area (Å²) in [5.41, 5.74) is 8.00. The quantitative estimate of drug-likeness (QED) is 0.764. The van der Waals surface area contributed by atoms with Crippen molar-refractivity contribution in [3.05, 3.63) is 23.8 Å². The van der Waals surface area contributed by atoms with E-state index in [1.165, 1.54) is 4.90 Å². The van der Waals surface area contributed by atoms with E-state index in [2.05, 4.69) is 5.32 Å².